The topological polar surface area (TPSA) is 424 Å². The van der Waals surface area contributed by atoms with E-state index in [-0.39, 0.29) is 81.3 Å². The molecule has 77 heavy (non-hydrogen) atoms. The lowest BCUT2D eigenvalue weighted by Crippen LogP contribution is -2.61. The molecule has 2 aliphatic rings. The number of phenols is 1. The average Bonchev–Trinajstić information content (AvgIpc) is 3.89. The Morgan fingerprint density at radius 1 is 0.740 bits per heavy atom. The predicted octanol–water partition coefficient (Wildman–Crippen LogP) is -3.30. The van der Waals surface area contributed by atoms with E-state index in [1.807, 2.05) is 6.92 Å². The molecular formula is C49H70N14O12S2. The van der Waals surface area contributed by atoms with Crippen molar-refractivity contribution in [3.05, 3.63) is 65.7 Å². The van der Waals surface area contributed by atoms with Gasteiger partial charge in [0, 0.05) is 43.9 Å². The Hall–Kier alpha value is -7.62. The molecule has 7 atom stereocenters. The fourth-order valence-corrected chi connectivity index (χ4v) is 10.3. The van der Waals surface area contributed by atoms with E-state index in [0.717, 1.165) is 21.6 Å². The molecule has 26 nitrogen and oxygen atoms in total. The van der Waals surface area contributed by atoms with Gasteiger partial charge in [0.1, 0.15) is 48.0 Å². The molecule has 2 aromatic rings. The number of hydrogen-bond acceptors (Lipinski definition) is 15. The van der Waals surface area contributed by atoms with Crippen LogP contribution in [0.4, 0.5) is 0 Å². The van der Waals surface area contributed by atoms with Gasteiger partial charge in [-0.05, 0) is 55.4 Å². The van der Waals surface area contributed by atoms with Crippen molar-refractivity contribution < 1.29 is 57.8 Å². The van der Waals surface area contributed by atoms with Crippen molar-refractivity contribution in [2.24, 2.45) is 27.9 Å². The normalized spacial score (nSPS) is 21.3. The summed E-state index contributed by atoms with van der Waals surface area (Å²) < 4.78 is 0. The highest BCUT2D eigenvalue weighted by Crippen LogP contribution is 2.26. The second kappa shape index (κ2) is 32.1. The van der Waals surface area contributed by atoms with Gasteiger partial charge in [-0.25, -0.2) is 0 Å². The summed E-state index contributed by atoms with van der Waals surface area (Å²) in [5, 5.41) is 30.6. The summed E-state index contributed by atoms with van der Waals surface area (Å²) in [4.78, 5) is 154. The first-order valence-corrected chi connectivity index (χ1v) is 27.6. The maximum Gasteiger partial charge on any atom is 0.246 e. The quantitative estimate of drug-likeness (QED) is 0.0252. The maximum atomic E-state index is 14.7. The fraction of sp³-hybridized carbons (Fsp3) is 0.510. The van der Waals surface area contributed by atoms with Crippen LogP contribution in [0.25, 0.3) is 0 Å². The molecule has 420 valence electrons. The highest BCUT2D eigenvalue weighted by Gasteiger charge is 2.40. The molecule has 0 spiro atoms. The summed E-state index contributed by atoms with van der Waals surface area (Å²) in [6, 6.07) is 5.42. The van der Waals surface area contributed by atoms with E-state index in [2.05, 4.69) is 47.5 Å². The number of nitrogens with zero attached hydrogens (tertiary/aromatic N) is 2. The summed E-state index contributed by atoms with van der Waals surface area (Å²) in [7, 11) is 2.24. The molecule has 0 bridgehead atoms. The monoisotopic (exact) mass is 1110 g/mol. The number of phenolic OH excluding ortho intramolecular Hbond substituents is 1. The second-order valence-corrected chi connectivity index (χ2v) is 20.9. The van der Waals surface area contributed by atoms with Crippen LogP contribution in [0, 0.1) is 0 Å². The van der Waals surface area contributed by atoms with Gasteiger partial charge in [0.25, 0.3) is 0 Å². The van der Waals surface area contributed by atoms with Crippen LogP contribution >= 0.6 is 21.6 Å². The van der Waals surface area contributed by atoms with Crippen LogP contribution in [0.3, 0.4) is 0 Å². The van der Waals surface area contributed by atoms with Crippen molar-refractivity contribution in [3.63, 3.8) is 0 Å². The van der Waals surface area contributed by atoms with E-state index >= 15 is 0 Å². The molecule has 0 aliphatic carbocycles. The zero-order valence-corrected chi connectivity index (χ0v) is 44.3. The van der Waals surface area contributed by atoms with Crippen molar-refractivity contribution in [1.82, 2.24) is 47.4 Å². The maximum absolute atomic E-state index is 14.7. The number of likely N-dealkylation sites (tertiary alicyclic amines) is 1. The molecule has 0 radical (unpaired) electrons. The summed E-state index contributed by atoms with van der Waals surface area (Å²) in [6.07, 6.45) is 0.763. The first kappa shape index (κ1) is 61.9. The van der Waals surface area contributed by atoms with Gasteiger partial charge in [0.05, 0.1) is 19.5 Å². The summed E-state index contributed by atoms with van der Waals surface area (Å²) in [5.41, 5.74) is 22.8. The highest BCUT2D eigenvalue weighted by atomic mass is 33.1. The highest BCUT2D eigenvalue weighted by molar-refractivity contribution is 8.76. The van der Waals surface area contributed by atoms with Gasteiger partial charge in [-0.2, -0.15) is 0 Å². The SMILES string of the molecule is CCCC[C@@H]1NC(=O)[C@H](Cc2ccccc2)NC(=O)[C@H](Cc2ccc(O)cc2)NC(=O)CCSSC[C@@H](C(=O)N2CCC[C@H]2C(=O)N[C@@H](CCCN=C(N)N)C(=O)NCC(=O)NCC(N)=O)NC(=O)[C@H](CC(N)=O)NC1=O. The lowest BCUT2D eigenvalue weighted by atomic mass is 10.0. The molecule has 2 aliphatic heterocycles. The van der Waals surface area contributed by atoms with E-state index in [4.69, 9.17) is 22.9 Å². The van der Waals surface area contributed by atoms with E-state index in [9.17, 15) is 57.8 Å². The molecule has 4 rings (SSSR count). The zero-order chi connectivity index (χ0) is 56.4. The number of hydrogen-bond donors (Lipinski definition) is 13. The first-order valence-electron chi connectivity index (χ1n) is 25.1. The lowest BCUT2D eigenvalue weighted by Gasteiger charge is -2.31. The van der Waals surface area contributed by atoms with Crippen LogP contribution in [-0.2, 0) is 65.6 Å². The van der Waals surface area contributed by atoms with Gasteiger partial charge in [0.2, 0.25) is 65.0 Å². The molecule has 17 N–H and O–H groups in total. The number of nitrogens with one attached hydrogen (secondary N) is 8. The molecule has 2 heterocycles. The van der Waals surface area contributed by atoms with E-state index < -0.39 is 127 Å². The van der Waals surface area contributed by atoms with Crippen LogP contribution < -0.4 is 65.5 Å². The van der Waals surface area contributed by atoms with Crippen molar-refractivity contribution in [2.45, 2.75) is 120 Å². The van der Waals surface area contributed by atoms with E-state index in [1.54, 1.807) is 42.5 Å². The molecule has 0 unspecified atom stereocenters. The Labute approximate surface area is 453 Å². The van der Waals surface area contributed by atoms with Crippen LogP contribution in [-0.4, -0.2) is 161 Å². The Bertz CT molecular complexity index is 2430. The van der Waals surface area contributed by atoms with Gasteiger partial charge < -0.3 is 75.5 Å². The average molecular weight is 1110 g/mol. The number of primary amides is 2. The molecule has 11 amide bonds. The van der Waals surface area contributed by atoms with Crippen LogP contribution in [0.2, 0.25) is 0 Å². The Kier molecular flexibility index (Phi) is 25.8. The summed E-state index contributed by atoms with van der Waals surface area (Å²) in [5.74, 6) is -8.98. The number of carbonyl (C=O) groups excluding carboxylic acids is 11. The van der Waals surface area contributed by atoms with Crippen LogP contribution in [0.5, 0.6) is 5.75 Å². The van der Waals surface area contributed by atoms with Gasteiger partial charge in [-0.3, -0.25) is 57.7 Å². The molecule has 2 fully saturated rings. The minimum atomic E-state index is -1.67. The first-order chi connectivity index (χ1) is 36.7. The number of rotatable bonds is 21. The minimum absolute atomic E-state index is 0.0149. The third kappa shape index (κ3) is 21.9. The van der Waals surface area contributed by atoms with Gasteiger partial charge in [0.15, 0.2) is 5.96 Å². The number of aliphatic imine (C=N–C) groups is 1. The summed E-state index contributed by atoms with van der Waals surface area (Å²) in [6.45, 7) is 0.921. The molecule has 2 aromatic carbocycles. The largest absolute Gasteiger partial charge is 0.508 e. The third-order valence-corrected chi connectivity index (χ3v) is 14.5. The Balaban J connectivity index is 1.65. The number of unbranched alkanes of at least 4 members (excludes halogenated alkanes) is 1. The lowest BCUT2D eigenvalue weighted by molar-refractivity contribution is -0.142. The predicted molar refractivity (Wildman–Crippen MR) is 286 cm³/mol. The minimum Gasteiger partial charge on any atom is -0.508 e. The number of guanidine groups is 1. The number of nitrogens with two attached hydrogens (primary N) is 4. The van der Waals surface area contributed by atoms with Crippen molar-refractivity contribution in [3.8, 4) is 5.75 Å². The van der Waals surface area contributed by atoms with Crippen LogP contribution in [0.15, 0.2) is 59.6 Å². The number of aromatic hydroxyl groups is 1. The smallest absolute Gasteiger partial charge is 0.246 e. The van der Waals surface area contributed by atoms with Gasteiger partial charge in [-0.15, -0.1) is 0 Å². The van der Waals surface area contributed by atoms with Gasteiger partial charge in [-0.1, -0.05) is 83.8 Å². The Morgan fingerprint density at radius 3 is 2.01 bits per heavy atom. The zero-order valence-electron chi connectivity index (χ0n) is 42.7. The fourth-order valence-electron chi connectivity index (χ4n) is 8.15. The van der Waals surface area contributed by atoms with E-state index in [0.29, 0.717) is 30.4 Å². The molecular weight excluding hydrogens is 1040 g/mol. The van der Waals surface area contributed by atoms with Gasteiger partial charge >= 0.3 is 0 Å². The van der Waals surface area contributed by atoms with Crippen molar-refractivity contribution in [1.29, 1.82) is 0 Å². The van der Waals surface area contributed by atoms with Crippen LogP contribution in [0.1, 0.15) is 75.8 Å². The standard InChI is InChI=1S/C49H70N14O12S2/c1-2-3-11-32-43(70)61-35(24-38(50)65)46(73)62-36(48(75)63-20-8-13-37(63)47(74)59-31(12-7-19-54-49(52)53)42(69)56-26-41(68)55-25-39(51)66)27-77-76-21-18-40(67)57-33(23-29-14-16-30(64)17-15-29)44(71)60-34(45(72)58-32)22-28-9-5-4-6-10-28/h4-6,9-10,14-17,31-37,64H,2-3,7-8,11-13,18-27H2,1H3,(H2,50,65)(H2,51,66)(H,55,68)(H,56,69)(H,57,67)(H,58,72)(H,59,74)(H,60,71)(H,61,70)(H,62,73)(H4,52,53,54)/t31-,32-,33-,34-,35-,36-,37-/m0/s1. The second-order valence-electron chi connectivity index (χ2n) is 18.3. The number of amides is 11. The van der Waals surface area contributed by atoms with Crippen molar-refractivity contribution >= 4 is 92.5 Å². The third-order valence-electron chi connectivity index (χ3n) is 12.1. The molecule has 28 heteroatoms. The summed E-state index contributed by atoms with van der Waals surface area (Å²) >= 11 is 0. The molecule has 2 saturated heterocycles. The van der Waals surface area contributed by atoms with Crippen molar-refractivity contribution in [2.75, 3.05) is 37.7 Å². The molecule has 0 saturated carbocycles. The van der Waals surface area contributed by atoms with E-state index in [1.165, 1.54) is 17.0 Å². The number of benzene rings is 2. The molecule has 0 aromatic heterocycles. The number of carbonyl (C=O) groups is 11. The Morgan fingerprint density at radius 2 is 1.36 bits per heavy atom.